The monoisotopic (exact) mass is 447 g/mol. The van der Waals surface area contributed by atoms with Crippen LogP contribution in [0.4, 0.5) is 8.78 Å². The van der Waals surface area contributed by atoms with Gasteiger partial charge in [-0.05, 0) is 44.4 Å². The molecule has 2 bridgehead atoms. The fourth-order valence-corrected chi connectivity index (χ4v) is 4.37. The van der Waals surface area contributed by atoms with Crippen LogP contribution < -0.4 is 10.7 Å². The molecule has 1 aromatic carbocycles. The number of aryl methyl sites for hydroxylation is 1. The second-order valence-electron chi connectivity index (χ2n) is 8.38. The highest BCUT2D eigenvalue weighted by Crippen LogP contribution is 2.34. The number of pyridine rings is 1. The number of hydrogen-bond donors (Lipinski definition) is 3. The summed E-state index contributed by atoms with van der Waals surface area (Å²) in [6.45, 7) is 2.99. The summed E-state index contributed by atoms with van der Waals surface area (Å²) >= 11 is 0. The summed E-state index contributed by atoms with van der Waals surface area (Å²) < 4.78 is 29.4. The summed E-state index contributed by atoms with van der Waals surface area (Å²) in [5.41, 5.74) is -1.85. The minimum atomic E-state index is -1.08. The molecule has 170 valence electrons. The Labute approximate surface area is 182 Å². The van der Waals surface area contributed by atoms with Gasteiger partial charge in [0.15, 0.2) is 11.4 Å². The molecular weight excluding hydrogens is 424 g/mol. The van der Waals surface area contributed by atoms with Crippen LogP contribution in [0, 0.1) is 18.6 Å². The maximum atomic E-state index is 14.1. The number of aliphatic hydroxyl groups is 1. The van der Waals surface area contributed by atoms with Gasteiger partial charge in [0.05, 0.1) is 12.1 Å². The number of aliphatic hydroxyl groups excluding tert-OH is 1. The lowest BCUT2D eigenvalue weighted by Gasteiger charge is -2.38. The first-order chi connectivity index (χ1) is 15.1. The predicted octanol–water partition coefficient (Wildman–Crippen LogP) is 1.61. The second-order valence-corrected chi connectivity index (χ2v) is 8.38. The number of halogens is 2. The maximum Gasteiger partial charge on any atom is 0.274 e. The predicted molar refractivity (Wildman–Crippen MR) is 109 cm³/mol. The molecule has 1 saturated heterocycles. The number of rotatable bonds is 3. The normalized spacial score (nSPS) is 22.3. The van der Waals surface area contributed by atoms with Crippen LogP contribution in [0.25, 0.3) is 0 Å². The Bertz CT molecular complexity index is 1160. The number of nitrogens with one attached hydrogen (secondary N) is 1. The Balaban J connectivity index is 1.70. The Morgan fingerprint density at radius 1 is 1.22 bits per heavy atom. The van der Waals surface area contributed by atoms with Crippen molar-refractivity contribution in [1.82, 2.24) is 14.8 Å². The molecule has 3 atom stereocenters. The van der Waals surface area contributed by atoms with E-state index in [9.17, 15) is 33.4 Å². The van der Waals surface area contributed by atoms with Gasteiger partial charge in [-0.1, -0.05) is 0 Å². The van der Waals surface area contributed by atoms with Crippen LogP contribution in [-0.4, -0.2) is 50.2 Å². The molecule has 2 aliphatic rings. The van der Waals surface area contributed by atoms with E-state index in [0.717, 1.165) is 18.3 Å². The van der Waals surface area contributed by atoms with Crippen LogP contribution in [-0.2, 0) is 6.54 Å². The van der Waals surface area contributed by atoms with E-state index in [1.807, 2.05) is 6.92 Å². The lowest BCUT2D eigenvalue weighted by atomic mass is 10.0. The summed E-state index contributed by atoms with van der Waals surface area (Å²) in [5, 5.41) is 23.4. The van der Waals surface area contributed by atoms with E-state index in [1.54, 1.807) is 0 Å². The molecular formula is C22H23F2N3O5. The Morgan fingerprint density at radius 3 is 2.53 bits per heavy atom. The van der Waals surface area contributed by atoms with E-state index < -0.39 is 58.9 Å². The van der Waals surface area contributed by atoms with Crippen LogP contribution in [0.3, 0.4) is 0 Å². The average molecular weight is 447 g/mol. The molecule has 2 aromatic rings. The standard InChI is InChI=1S/C22H23F2N3O5/c1-10-5-14(23)12(15(24)6-10)7-25-21(31)13-8-27-16-9-26(11(2)3-4-17(16)28)22(32)18(27)20(30)19(13)29/h5-6,8,11,16-17,28,30H,3-4,7,9H2,1-2H3,(H,25,31)/t11-,16+,17-/m0/s1. The largest absolute Gasteiger partial charge is 0.503 e. The zero-order valence-electron chi connectivity index (χ0n) is 17.6. The quantitative estimate of drug-likeness (QED) is 0.662. The molecule has 0 saturated carbocycles. The van der Waals surface area contributed by atoms with Gasteiger partial charge in [-0.25, -0.2) is 8.78 Å². The third kappa shape index (κ3) is 3.54. The van der Waals surface area contributed by atoms with Gasteiger partial charge < -0.3 is 25.0 Å². The lowest BCUT2D eigenvalue weighted by Crippen LogP contribution is -2.49. The van der Waals surface area contributed by atoms with E-state index in [-0.39, 0.29) is 23.8 Å². The molecule has 0 spiro atoms. The summed E-state index contributed by atoms with van der Waals surface area (Å²) in [6, 6.07) is 1.40. The molecule has 4 rings (SSSR count). The molecule has 3 N–H and O–H groups in total. The van der Waals surface area contributed by atoms with Gasteiger partial charge in [-0.2, -0.15) is 0 Å². The van der Waals surface area contributed by atoms with Gasteiger partial charge in [0.1, 0.15) is 17.2 Å². The highest BCUT2D eigenvalue weighted by molar-refractivity contribution is 5.99. The molecule has 3 heterocycles. The molecule has 32 heavy (non-hydrogen) atoms. The molecule has 0 aliphatic carbocycles. The molecule has 0 radical (unpaired) electrons. The molecule has 1 aromatic heterocycles. The molecule has 10 heteroatoms. The van der Waals surface area contributed by atoms with Crippen molar-refractivity contribution in [2.45, 2.75) is 51.4 Å². The van der Waals surface area contributed by atoms with Crippen LogP contribution in [0.15, 0.2) is 23.1 Å². The van der Waals surface area contributed by atoms with Crippen molar-refractivity contribution < 1.29 is 28.6 Å². The highest BCUT2D eigenvalue weighted by Gasteiger charge is 2.42. The number of aromatic hydroxyl groups is 1. The molecule has 0 unspecified atom stereocenters. The lowest BCUT2D eigenvalue weighted by molar-refractivity contribution is 0.0503. The molecule has 2 amide bonds. The number of carbonyl (C=O) groups is 2. The van der Waals surface area contributed by atoms with Gasteiger partial charge in [-0.3, -0.25) is 14.4 Å². The maximum absolute atomic E-state index is 14.1. The van der Waals surface area contributed by atoms with Crippen molar-refractivity contribution in [1.29, 1.82) is 0 Å². The number of fused-ring (bicyclic) bond motifs is 4. The van der Waals surface area contributed by atoms with Crippen LogP contribution in [0.1, 0.15) is 57.8 Å². The number of amides is 2. The number of nitrogens with zero attached hydrogens (tertiary/aromatic N) is 2. The van der Waals surface area contributed by atoms with Gasteiger partial charge >= 0.3 is 0 Å². The SMILES string of the molecule is Cc1cc(F)c(CNC(=O)c2cn3c(c(O)c2=O)C(=O)N2C[C@@H]3[C@@H](O)CC[C@@H]2C)c(F)c1. The van der Waals surface area contributed by atoms with E-state index in [2.05, 4.69) is 5.32 Å². The smallest absolute Gasteiger partial charge is 0.274 e. The summed E-state index contributed by atoms with van der Waals surface area (Å²) in [4.78, 5) is 39.8. The van der Waals surface area contributed by atoms with E-state index in [1.165, 1.54) is 16.4 Å². The third-order valence-electron chi connectivity index (χ3n) is 6.23. The van der Waals surface area contributed by atoms with Crippen LogP contribution in [0.2, 0.25) is 0 Å². The van der Waals surface area contributed by atoms with Crippen molar-refractivity contribution >= 4 is 11.8 Å². The summed E-state index contributed by atoms with van der Waals surface area (Å²) in [5.74, 6) is -4.10. The van der Waals surface area contributed by atoms with Gasteiger partial charge in [-0.15, -0.1) is 0 Å². The van der Waals surface area contributed by atoms with Gasteiger partial charge in [0.25, 0.3) is 11.8 Å². The van der Waals surface area contributed by atoms with Crippen LogP contribution >= 0.6 is 0 Å². The minimum absolute atomic E-state index is 0.164. The van der Waals surface area contributed by atoms with Crippen molar-refractivity contribution in [3.05, 3.63) is 62.6 Å². The van der Waals surface area contributed by atoms with Crippen LogP contribution in [0.5, 0.6) is 5.75 Å². The topological polar surface area (TPSA) is 112 Å². The summed E-state index contributed by atoms with van der Waals surface area (Å²) in [6.07, 6.45) is 1.20. The molecule has 1 fully saturated rings. The molecule has 8 nitrogen and oxygen atoms in total. The first-order valence-electron chi connectivity index (χ1n) is 10.3. The number of carbonyl (C=O) groups excluding carboxylic acids is 2. The highest BCUT2D eigenvalue weighted by atomic mass is 19.1. The van der Waals surface area contributed by atoms with Gasteiger partial charge in [0, 0.05) is 30.9 Å². The minimum Gasteiger partial charge on any atom is -0.503 e. The third-order valence-corrected chi connectivity index (χ3v) is 6.23. The molecule has 2 aliphatic heterocycles. The van der Waals surface area contributed by atoms with Gasteiger partial charge in [0.2, 0.25) is 5.43 Å². The van der Waals surface area contributed by atoms with Crippen molar-refractivity contribution in [3.63, 3.8) is 0 Å². The first kappa shape index (κ1) is 21.9. The zero-order valence-corrected chi connectivity index (χ0v) is 17.6. The average Bonchev–Trinajstić information content (AvgIpc) is 2.85. The van der Waals surface area contributed by atoms with E-state index in [0.29, 0.717) is 18.4 Å². The van der Waals surface area contributed by atoms with Crippen molar-refractivity contribution in [3.8, 4) is 5.75 Å². The van der Waals surface area contributed by atoms with E-state index in [4.69, 9.17) is 0 Å². The Hall–Kier alpha value is -3.27. The first-order valence-corrected chi connectivity index (χ1v) is 10.3. The fraction of sp³-hybridized carbons (Fsp3) is 0.409. The van der Waals surface area contributed by atoms with Crippen molar-refractivity contribution in [2.24, 2.45) is 0 Å². The second kappa shape index (κ2) is 8.01. The zero-order chi connectivity index (χ0) is 23.3. The van der Waals surface area contributed by atoms with E-state index >= 15 is 0 Å². The van der Waals surface area contributed by atoms with Crippen molar-refractivity contribution in [2.75, 3.05) is 6.54 Å². The Morgan fingerprint density at radius 2 is 1.88 bits per heavy atom. The summed E-state index contributed by atoms with van der Waals surface area (Å²) in [7, 11) is 0. The number of hydrogen-bond acceptors (Lipinski definition) is 5. The number of benzene rings is 1. The fourth-order valence-electron chi connectivity index (χ4n) is 4.37. The number of aromatic nitrogens is 1. The Kier molecular flexibility index (Phi) is 5.49.